The van der Waals surface area contributed by atoms with E-state index < -0.39 is 17.7 Å². The lowest BCUT2D eigenvalue weighted by atomic mass is 10.1. The minimum Gasteiger partial charge on any atom is -0.457 e. The van der Waals surface area contributed by atoms with Gasteiger partial charge < -0.3 is 4.74 Å². The van der Waals surface area contributed by atoms with Gasteiger partial charge in [0.2, 0.25) is 0 Å². The standard InChI is InChI=1S/C21H14ClF3N2O2S/c1-12-17-10-18(30-19(17)27(26-12)16-7-3-6-15(22)9-16)20(28)29-11-13-4-2-5-14(8-13)21(23,24)25/h2-10H,11H2,1H3. The van der Waals surface area contributed by atoms with Crippen molar-refractivity contribution < 1.29 is 22.7 Å². The first-order valence-electron chi connectivity index (χ1n) is 8.81. The molecule has 0 bridgehead atoms. The highest BCUT2D eigenvalue weighted by atomic mass is 35.5. The second kappa shape index (κ2) is 7.77. The number of halogens is 4. The topological polar surface area (TPSA) is 44.1 Å². The molecule has 0 fully saturated rings. The molecule has 0 unspecified atom stereocenters. The first kappa shape index (κ1) is 20.4. The fraction of sp³-hybridized carbons (Fsp3) is 0.143. The summed E-state index contributed by atoms with van der Waals surface area (Å²) in [6.07, 6.45) is -4.45. The predicted molar refractivity (Wildman–Crippen MR) is 109 cm³/mol. The SMILES string of the molecule is Cc1nn(-c2cccc(Cl)c2)c2sc(C(=O)OCc3cccc(C(F)(F)F)c3)cc12. The molecule has 154 valence electrons. The van der Waals surface area contributed by atoms with Gasteiger partial charge in [0.1, 0.15) is 16.3 Å². The van der Waals surface area contributed by atoms with E-state index in [4.69, 9.17) is 16.3 Å². The minimum absolute atomic E-state index is 0.254. The molecule has 4 rings (SSSR count). The molecule has 0 spiro atoms. The number of aromatic nitrogens is 2. The molecule has 9 heteroatoms. The number of carbonyl (C=O) groups excluding carboxylic acids is 1. The van der Waals surface area contributed by atoms with E-state index in [0.29, 0.717) is 9.90 Å². The van der Waals surface area contributed by atoms with Crippen molar-refractivity contribution in [3.63, 3.8) is 0 Å². The van der Waals surface area contributed by atoms with Gasteiger partial charge in [-0.3, -0.25) is 0 Å². The number of carbonyl (C=O) groups is 1. The molecule has 0 saturated carbocycles. The van der Waals surface area contributed by atoms with Crippen LogP contribution in [0, 0.1) is 6.92 Å². The second-order valence-corrected chi connectivity index (χ2v) is 8.05. The Balaban J connectivity index is 1.57. The summed E-state index contributed by atoms with van der Waals surface area (Å²) in [5, 5.41) is 5.86. The molecule has 30 heavy (non-hydrogen) atoms. The van der Waals surface area contributed by atoms with Gasteiger partial charge in [0, 0.05) is 10.4 Å². The summed E-state index contributed by atoms with van der Waals surface area (Å²) in [4.78, 5) is 13.6. The van der Waals surface area contributed by atoms with Gasteiger partial charge in [0.25, 0.3) is 0 Å². The molecule has 0 radical (unpaired) electrons. The summed E-state index contributed by atoms with van der Waals surface area (Å²) < 4.78 is 45.4. The number of thiophene rings is 1. The Bertz CT molecular complexity index is 1250. The number of rotatable bonds is 4. The van der Waals surface area contributed by atoms with Gasteiger partial charge in [-0.25, -0.2) is 9.48 Å². The summed E-state index contributed by atoms with van der Waals surface area (Å²) in [7, 11) is 0. The second-order valence-electron chi connectivity index (χ2n) is 6.58. The van der Waals surface area contributed by atoms with Crippen molar-refractivity contribution in [1.29, 1.82) is 0 Å². The smallest absolute Gasteiger partial charge is 0.416 e. The van der Waals surface area contributed by atoms with Crippen LogP contribution in [0.4, 0.5) is 13.2 Å². The van der Waals surface area contributed by atoms with Gasteiger partial charge in [0.15, 0.2) is 0 Å². The van der Waals surface area contributed by atoms with E-state index in [0.717, 1.165) is 33.7 Å². The first-order chi connectivity index (χ1) is 14.2. The summed E-state index contributed by atoms with van der Waals surface area (Å²) >= 11 is 7.26. The Morgan fingerprint density at radius 3 is 2.67 bits per heavy atom. The van der Waals surface area contributed by atoms with Crippen molar-refractivity contribution in [2.24, 2.45) is 0 Å². The number of hydrogen-bond donors (Lipinski definition) is 0. The van der Waals surface area contributed by atoms with Crippen LogP contribution in [0.15, 0.2) is 54.6 Å². The van der Waals surface area contributed by atoms with Crippen LogP contribution in [0.5, 0.6) is 0 Å². The molecule has 4 aromatic rings. The maximum atomic E-state index is 12.8. The number of alkyl halides is 3. The third-order valence-corrected chi connectivity index (χ3v) is 5.75. The lowest BCUT2D eigenvalue weighted by Gasteiger charge is -2.09. The molecule has 0 aliphatic rings. The number of nitrogens with zero attached hydrogens (tertiary/aromatic N) is 2. The maximum absolute atomic E-state index is 12.8. The molecule has 0 amide bonds. The van der Waals surface area contributed by atoms with E-state index in [1.807, 2.05) is 13.0 Å². The van der Waals surface area contributed by atoms with Crippen LogP contribution >= 0.6 is 22.9 Å². The van der Waals surface area contributed by atoms with Gasteiger partial charge in [0.05, 0.1) is 16.9 Å². The van der Waals surface area contributed by atoms with Crippen LogP contribution in [0.25, 0.3) is 15.9 Å². The molecule has 0 N–H and O–H groups in total. The van der Waals surface area contributed by atoms with Crippen molar-refractivity contribution >= 4 is 39.1 Å². The zero-order valence-electron chi connectivity index (χ0n) is 15.5. The van der Waals surface area contributed by atoms with Crippen LogP contribution in [0.2, 0.25) is 5.02 Å². The number of fused-ring (bicyclic) bond motifs is 1. The van der Waals surface area contributed by atoms with Crippen molar-refractivity contribution in [2.75, 3.05) is 0 Å². The monoisotopic (exact) mass is 450 g/mol. The fourth-order valence-electron chi connectivity index (χ4n) is 2.99. The zero-order chi connectivity index (χ0) is 21.5. The minimum atomic E-state index is -4.45. The number of esters is 1. The average molecular weight is 451 g/mol. The molecular formula is C21H14ClF3N2O2S. The largest absolute Gasteiger partial charge is 0.457 e. The number of benzene rings is 2. The van der Waals surface area contributed by atoms with Crippen LogP contribution in [0.1, 0.15) is 26.5 Å². The molecule has 0 saturated heterocycles. The van der Waals surface area contributed by atoms with Crippen LogP contribution in [-0.2, 0) is 17.5 Å². The van der Waals surface area contributed by atoms with E-state index in [1.165, 1.54) is 23.5 Å². The predicted octanol–water partition coefficient (Wildman–Crippen LogP) is 6.42. The van der Waals surface area contributed by atoms with E-state index >= 15 is 0 Å². The molecule has 2 aromatic heterocycles. The van der Waals surface area contributed by atoms with E-state index in [-0.39, 0.29) is 12.2 Å². The highest BCUT2D eigenvalue weighted by molar-refractivity contribution is 7.20. The average Bonchev–Trinajstić information content (AvgIpc) is 3.26. The van der Waals surface area contributed by atoms with Gasteiger partial charge >= 0.3 is 12.1 Å². The van der Waals surface area contributed by atoms with Crippen molar-refractivity contribution in [3.05, 3.63) is 81.3 Å². The highest BCUT2D eigenvalue weighted by Gasteiger charge is 2.30. The Hall–Kier alpha value is -2.84. The molecule has 0 atom stereocenters. The van der Waals surface area contributed by atoms with Crippen LogP contribution in [0.3, 0.4) is 0 Å². The normalized spacial score (nSPS) is 11.8. The zero-order valence-corrected chi connectivity index (χ0v) is 17.1. The van der Waals surface area contributed by atoms with Crippen molar-refractivity contribution in [2.45, 2.75) is 19.7 Å². The van der Waals surface area contributed by atoms with Gasteiger partial charge in [-0.05, 0) is 48.9 Å². The molecule has 0 aliphatic heterocycles. The number of ether oxygens (including phenoxy) is 1. The quantitative estimate of drug-likeness (QED) is 0.337. The molecule has 0 aliphatic carbocycles. The van der Waals surface area contributed by atoms with E-state index in [9.17, 15) is 18.0 Å². The Kier molecular flexibility index (Phi) is 5.29. The highest BCUT2D eigenvalue weighted by Crippen LogP contribution is 2.32. The van der Waals surface area contributed by atoms with Gasteiger partial charge in [-0.15, -0.1) is 11.3 Å². The fourth-order valence-corrected chi connectivity index (χ4v) is 4.25. The van der Waals surface area contributed by atoms with Crippen molar-refractivity contribution in [1.82, 2.24) is 9.78 Å². The van der Waals surface area contributed by atoms with E-state index in [2.05, 4.69) is 5.10 Å². The van der Waals surface area contributed by atoms with Gasteiger partial charge in [-0.1, -0.05) is 29.8 Å². The van der Waals surface area contributed by atoms with Crippen LogP contribution < -0.4 is 0 Å². The summed E-state index contributed by atoms with van der Waals surface area (Å²) in [6.45, 7) is 1.57. The maximum Gasteiger partial charge on any atom is 0.416 e. The van der Waals surface area contributed by atoms with Crippen molar-refractivity contribution in [3.8, 4) is 5.69 Å². The lowest BCUT2D eigenvalue weighted by molar-refractivity contribution is -0.137. The molecule has 2 heterocycles. The summed E-state index contributed by atoms with van der Waals surface area (Å²) in [5.41, 5.74) is 0.972. The lowest BCUT2D eigenvalue weighted by Crippen LogP contribution is -2.07. The number of hydrogen-bond acceptors (Lipinski definition) is 4. The molecular weight excluding hydrogens is 437 g/mol. The summed E-state index contributed by atoms with van der Waals surface area (Å²) in [6, 6.07) is 13.6. The summed E-state index contributed by atoms with van der Waals surface area (Å²) in [5.74, 6) is -0.606. The molecule has 4 nitrogen and oxygen atoms in total. The Morgan fingerprint density at radius 2 is 1.93 bits per heavy atom. The number of aryl methyl sites for hydroxylation is 1. The van der Waals surface area contributed by atoms with Gasteiger partial charge in [-0.2, -0.15) is 18.3 Å². The molecule has 2 aromatic carbocycles. The van der Waals surface area contributed by atoms with E-state index in [1.54, 1.807) is 28.9 Å². The first-order valence-corrected chi connectivity index (χ1v) is 10.0. The third kappa shape index (κ3) is 4.06. The van der Waals surface area contributed by atoms with Crippen LogP contribution in [-0.4, -0.2) is 15.7 Å². The third-order valence-electron chi connectivity index (χ3n) is 4.42. The Labute approximate surface area is 178 Å². The Morgan fingerprint density at radius 1 is 1.17 bits per heavy atom.